The Balaban J connectivity index is 2.53. The van der Waals surface area contributed by atoms with Crippen LogP contribution >= 0.6 is 15.9 Å². The third kappa shape index (κ3) is 1.62. The van der Waals surface area contributed by atoms with Crippen LogP contribution < -0.4 is 0 Å². The first-order valence-corrected chi connectivity index (χ1v) is 4.52. The summed E-state index contributed by atoms with van der Waals surface area (Å²) in [5, 5.41) is 0. The minimum Gasteiger partial charge on any atom is -0.275 e. The van der Waals surface area contributed by atoms with Gasteiger partial charge in [-0.2, -0.15) is 9.37 Å². The van der Waals surface area contributed by atoms with Crippen molar-refractivity contribution in [2.24, 2.45) is 0 Å². The number of rotatable bonds is 1. The quantitative estimate of drug-likeness (QED) is 0.750. The van der Waals surface area contributed by atoms with Gasteiger partial charge in [-0.05, 0) is 28.1 Å². The van der Waals surface area contributed by atoms with E-state index in [0.29, 0.717) is 4.60 Å². The molecule has 0 fully saturated rings. The zero-order valence-electron chi connectivity index (χ0n) is 6.61. The van der Waals surface area contributed by atoms with Crippen molar-refractivity contribution >= 4 is 15.9 Å². The summed E-state index contributed by atoms with van der Waals surface area (Å²) >= 11 is 3.11. The highest BCUT2D eigenvalue weighted by Gasteiger charge is 2.05. The summed E-state index contributed by atoms with van der Waals surface area (Å²) in [4.78, 5) is 3.60. The molecule has 2 rings (SSSR count). The first kappa shape index (κ1) is 8.44. The molecule has 0 spiro atoms. The summed E-state index contributed by atoms with van der Waals surface area (Å²) in [6.07, 6.45) is 1.07. The maximum atomic E-state index is 13.1. The first-order valence-electron chi connectivity index (χ1n) is 3.73. The lowest BCUT2D eigenvalue weighted by Gasteiger charge is -2.00. The fourth-order valence-corrected chi connectivity index (χ4v) is 1.45. The van der Waals surface area contributed by atoms with E-state index >= 15 is 0 Å². The number of aromatic nitrogens is 2. The lowest BCUT2D eigenvalue weighted by Crippen LogP contribution is -1.95. The van der Waals surface area contributed by atoms with E-state index in [1.165, 1.54) is 4.57 Å². The molecule has 0 unspecified atom stereocenters. The topological polar surface area (TPSA) is 17.8 Å². The van der Waals surface area contributed by atoms with Crippen LogP contribution in [0, 0.1) is 6.08 Å². The highest BCUT2D eigenvalue weighted by molar-refractivity contribution is 9.10. The average molecular weight is 241 g/mol. The highest BCUT2D eigenvalue weighted by atomic mass is 79.9. The van der Waals surface area contributed by atoms with Gasteiger partial charge in [0.05, 0.1) is 0 Å². The molecule has 1 aromatic carbocycles. The fourth-order valence-electron chi connectivity index (χ4n) is 1.10. The molecule has 0 saturated heterocycles. The Hall–Kier alpha value is -1.16. The molecule has 0 amide bonds. The van der Waals surface area contributed by atoms with Gasteiger partial charge in [0.15, 0.2) is 0 Å². The lowest BCUT2D eigenvalue weighted by molar-refractivity contribution is 0.522. The first-order chi connectivity index (χ1) is 6.27. The van der Waals surface area contributed by atoms with Gasteiger partial charge < -0.3 is 0 Å². The Morgan fingerprint density at radius 2 is 1.92 bits per heavy atom. The average Bonchev–Trinajstić information content (AvgIpc) is 2.47. The largest absolute Gasteiger partial charge is 0.294 e. The summed E-state index contributed by atoms with van der Waals surface area (Å²) in [6.45, 7) is 0. The Labute approximate surface area is 83.2 Å². The van der Waals surface area contributed by atoms with Crippen molar-refractivity contribution in [1.29, 1.82) is 0 Å². The number of hydrogen-bond acceptors (Lipinski definition) is 1. The van der Waals surface area contributed by atoms with E-state index in [0.717, 1.165) is 5.69 Å². The minimum atomic E-state index is -0.516. The van der Waals surface area contributed by atoms with E-state index in [2.05, 4.69) is 20.9 Å². The molecule has 0 aliphatic rings. The fraction of sp³-hybridized carbons (Fsp3) is 0. The predicted octanol–water partition coefficient (Wildman–Crippen LogP) is 2.77. The van der Waals surface area contributed by atoms with Crippen LogP contribution in [0.2, 0.25) is 0 Å². The molecule has 0 saturated carbocycles. The molecule has 2 aromatic rings. The van der Waals surface area contributed by atoms with Crippen molar-refractivity contribution in [3.05, 3.63) is 47.2 Å². The van der Waals surface area contributed by atoms with Gasteiger partial charge >= 0.3 is 0 Å². The molecule has 2 nitrogen and oxygen atoms in total. The zero-order valence-corrected chi connectivity index (χ0v) is 8.20. The second-order valence-electron chi connectivity index (χ2n) is 2.54. The van der Waals surface area contributed by atoms with Gasteiger partial charge in [-0.25, -0.2) is 0 Å². The molecule has 1 heterocycles. The van der Waals surface area contributed by atoms with E-state index in [-0.39, 0.29) is 0 Å². The van der Waals surface area contributed by atoms with Crippen LogP contribution in [0.25, 0.3) is 5.69 Å². The monoisotopic (exact) mass is 240 g/mol. The molecule has 0 bridgehead atoms. The predicted molar refractivity (Wildman–Crippen MR) is 51.2 cm³/mol. The molecule has 13 heavy (non-hydrogen) atoms. The van der Waals surface area contributed by atoms with Crippen molar-refractivity contribution < 1.29 is 4.39 Å². The summed E-state index contributed by atoms with van der Waals surface area (Å²) < 4.78 is 15.0. The number of nitrogens with zero attached hydrogens (tertiary/aromatic N) is 2. The van der Waals surface area contributed by atoms with Crippen LogP contribution in [0.4, 0.5) is 4.39 Å². The van der Waals surface area contributed by atoms with Crippen molar-refractivity contribution in [3.63, 3.8) is 0 Å². The van der Waals surface area contributed by atoms with Crippen molar-refractivity contribution in [1.82, 2.24) is 9.55 Å². The van der Waals surface area contributed by atoms with Gasteiger partial charge in [0.25, 0.3) is 6.08 Å². The third-order valence-electron chi connectivity index (χ3n) is 1.67. The van der Waals surface area contributed by atoms with Crippen LogP contribution in [0.15, 0.2) is 41.1 Å². The van der Waals surface area contributed by atoms with E-state index in [1.54, 1.807) is 6.20 Å². The Morgan fingerprint density at radius 1 is 1.23 bits per heavy atom. The van der Waals surface area contributed by atoms with Crippen LogP contribution in [0.5, 0.6) is 0 Å². The summed E-state index contributed by atoms with van der Waals surface area (Å²) in [5.41, 5.74) is 0.762. The number of para-hydroxylation sites is 1. The second-order valence-corrected chi connectivity index (χ2v) is 3.35. The molecule has 0 N–H and O–H groups in total. The normalized spacial score (nSPS) is 10.3. The maximum absolute atomic E-state index is 13.1. The van der Waals surface area contributed by atoms with Gasteiger partial charge in [0.1, 0.15) is 4.60 Å². The second kappa shape index (κ2) is 3.30. The van der Waals surface area contributed by atoms with E-state index in [9.17, 15) is 4.39 Å². The van der Waals surface area contributed by atoms with Gasteiger partial charge in [-0.15, -0.1) is 0 Å². The van der Waals surface area contributed by atoms with E-state index < -0.39 is 6.08 Å². The van der Waals surface area contributed by atoms with Crippen LogP contribution in [-0.4, -0.2) is 9.55 Å². The van der Waals surface area contributed by atoms with Crippen molar-refractivity contribution in [3.8, 4) is 5.69 Å². The van der Waals surface area contributed by atoms with E-state index in [1.807, 2.05) is 30.3 Å². The van der Waals surface area contributed by atoms with Crippen molar-refractivity contribution in [2.75, 3.05) is 0 Å². The Kier molecular flexibility index (Phi) is 2.14. The maximum Gasteiger partial charge on any atom is 0.294 e. The van der Waals surface area contributed by atoms with Crippen molar-refractivity contribution in [2.45, 2.75) is 0 Å². The smallest absolute Gasteiger partial charge is 0.275 e. The summed E-state index contributed by atoms with van der Waals surface area (Å²) in [6, 6.07) is 9.22. The molecule has 1 aromatic heterocycles. The van der Waals surface area contributed by atoms with Gasteiger partial charge in [-0.1, -0.05) is 18.2 Å². The van der Waals surface area contributed by atoms with Crippen LogP contribution in [-0.2, 0) is 0 Å². The molecule has 4 heteroatoms. The molecular formula is C9H6BrFN2. The highest BCUT2D eigenvalue weighted by Crippen LogP contribution is 2.14. The molecule has 0 atom stereocenters. The minimum absolute atomic E-state index is 0.494. The van der Waals surface area contributed by atoms with Crippen LogP contribution in [0.3, 0.4) is 0 Å². The molecule has 66 valence electrons. The zero-order chi connectivity index (χ0) is 9.26. The molecular weight excluding hydrogens is 235 g/mol. The Bertz CT molecular complexity index is 411. The molecule has 0 aliphatic carbocycles. The van der Waals surface area contributed by atoms with Gasteiger partial charge in [0, 0.05) is 11.9 Å². The molecule has 0 aliphatic heterocycles. The number of benzene rings is 1. The summed E-state index contributed by atoms with van der Waals surface area (Å²) in [5.74, 6) is 0. The SMILES string of the molecule is Fc1nc(Br)cn1-c1ccccc1. The number of imidazole rings is 1. The summed E-state index contributed by atoms with van der Waals surface area (Å²) in [7, 11) is 0. The Morgan fingerprint density at radius 3 is 2.46 bits per heavy atom. The number of hydrogen-bond donors (Lipinski definition) is 0. The number of halogens is 2. The van der Waals surface area contributed by atoms with Gasteiger partial charge in [0.2, 0.25) is 0 Å². The molecule has 0 radical (unpaired) electrons. The van der Waals surface area contributed by atoms with Crippen LogP contribution in [0.1, 0.15) is 0 Å². The third-order valence-corrected chi connectivity index (χ3v) is 2.05. The lowest BCUT2D eigenvalue weighted by atomic mass is 10.3. The van der Waals surface area contributed by atoms with E-state index in [4.69, 9.17) is 0 Å². The standard InChI is InChI=1S/C9H6BrFN2/c10-8-6-13(9(11)12-8)7-4-2-1-3-5-7/h1-6H. The van der Waals surface area contributed by atoms with Gasteiger partial charge in [-0.3, -0.25) is 4.57 Å².